The molecule has 0 radical (unpaired) electrons. The first-order chi connectivity index (χ1) is 11.5. The van der Waals surface area contributed by atoms with Crippen molar-refractivity contribution in [1.29, 1.82) is 0 Å². The summed E-state index contributed by atoms with van der Waals surface area (Å²) < 4.78 is 5.92. The number of rotatable bonds is 1. The number of furan rings is 1. The van der Waals surface area contributed by atoms with Crippen molar-refractivity contribution in [3.05, 3.63) is 35.1 Å². The molecular formula is C19H22N2O3. The molecule has 2 atom stereocenters. The Labute approximate surface area is 141 Å². The predicted molar refractivity (Wildman–Crippen MR) is 90.9 cm³/mol. The Hall–Kier alpha value is -2.30. The number of likely N-dealkylation sites (tertiary alicyclic amines) is 1. The molecule has 126 valence electrons. The van der Waals surface area contributed by atoms with Crippen LogP contribution in [0.25, 0.3) is 11.0 Å². The molecule has 0 spiro atoms. The van der Waals surface area contributed by atoms with Crippen LogP contribution in [0.15, 0.2) is 22.6 Å². The molecule has 2 unspecified atom stereocenters. The number of amides is 2. The van der Waals surface area contributed by atoms with Crippen molar-refractivity contribution in [3.63, 3.8) is 0 Å². The Morgan fingerprint density at radius 2 is 2.12 bits per heavy atom. The molecule has 2 amide bonds. The Morgan fingerprint density at radius 3 is 2.92 bits per heavy atom. The van der Waals surface area contributed by atoms with Gasteiger partial charge in [0.1, 0.15) is 5.58 Å². The molecule has 4 rings (SSSR count). The van der Waals surface area contributed by atoms with Crippen LogP contribution in [-0.4, -0.2) is 35.8 Å². The van der Waals surface area contributed by atoms with Gasteiger partial charge in [0.05, 0.1) is 6.04 Å². The van der Waals surface area contributed by atoms with E-state index in [1.165, 1.54) is 0 Å². The van der Waals surface area contributed by atoms with Gasteiger partial charge in [0.15, 0.2) is 5.76 Å². The summed E-state index contributed by atoms with van der Waals surface area (Å²) in [6.07, 6.45) is 2.49. The van der Waals surface area contributed by atoms with E-state index in [0.29, 0.717) is 31.2 Å². The van der Waals surface area contributed by atoms with E-state index in [2.05, 4.69) is 5.32 Å². The van der Waals surface area contributed by atoms with Crippen molar-refractivity contribution >= 4 is 22.8 Å². The fourth-order valence-corrected chi connectivity index (χ4v) is 4.03. The zero-order valence-electron chi connectivity index (χ0n) is 14.1. The lowest BCUT2D eigenvalue weighted by Gasteiger charge is -2.16. The Kier molecular flexibility index (Phi) is 3.59. The molecule has 0 saturated carbocycles. The van der Waals surface area contributed by atoms with Gasteiger partial charge in [-0.3, -0.25) is 9.59 Å². The van der Waals surface area contributed by atoms with E-state index in [9.17, 15) is 9.59 Å². The molecule has 24 heavy (non-hydrogen) atoms. The Morgan fingerprint density at radius 1 is 1.29 bits per heavy atom. The molecule has 2 aliphatic rings. The molecular weight excluding hydrogens is 304 g/mol. The van der Waals surface area contributed by atoms with Crippen LogP contribution in [0.5, 0.6) is 0 Å². The summed E-state index contributed by atoms with van der Waals surface area (Å²) in [4.78, 5) is 26.6. The largest absolute Gasteiger partial charge is 0.450 e. The van der Waals surface area contributed by atoms with E-state index in [0.717, 1.165) is 34.9 Å². The number of nitrogens with zero attached hydrogens (tertiary/aromatic N) is 1. The van der Waals surface area contributed by atoms with Gasteiger partial charge in [-0.05, 0) is 38.2 Å². The lowest BCUT2D eigenvalue weighted by molar-refractivity contribution is -0.121. The van der Waals surface area contributed by atoms with Crippen LogP contribution in [0.3, 0.4) is 0 Å². The maximum Gasteiger partial charge on any atom is 0.289 e. The topological polar surface area (TPSA) is 62.6 Å². The summed E-state index contributed by atoms with van der Waals surface area (Å²) in [5.74, 6) is 0.826. The lowest BCUT2D eigenvalue weighted by Crippen LogP contribution is -2.39. The standard InChI is InChI=1S/C19H22N2O3/c1-11-5-3-7-14-12(2)18(24-17(11)14)19(23)21-9-13-6-4-8-16(22)20-15(13)10-21/h3,5,7,13,15H,4,6,8-10H2,1-2H3,(H,20,22). The number of benzene rings is 1. The fourth-order valence-electron chi connectivity index (χ4n) is 4.03. The van der Waals surface area contributed by atoms with Crippen LogP contribution in [0, 0.1) is 19.8 Å². The summed E-state index contributed by atoms with van der Waals surface area (Å²) in [6, 6.07) is 6.04. The van der Waals surface area contributed by atoms with Crippen LogP contribution >= 0.6 is 0 Å². The second kappa shape index (κ2) is 5.65. The highest BCUT2D eigenvalue weighted by Crippen LogP contribution is 2.31. The quantitative estimate of drug-likeness (QED) is 0.876. The number of para-hydroxylation sites is 1. The van der Waals surface area contributed by atoms with E-state index in [4.69, 9.17) is 4.42 Å². The van der Waals surface area contributed by atoms with Crippen molar-refractivity contribution in [1.82, 2.24) is 10.2 Å². The third-order valence-electron chi connectivity index (χ3n) is 5.41. The number of fused-ring (bicyclic) bond motifs is 2. The van der Waals surface area contributed by atoms with Crippen LogP contribution < -0.4 is 5.32 Å². The maximum absolute atomic E-state index is 13.0. The smallest absolute Gasteiger partial charge is 0.289 e. The highest BCUT2D eigenvalue weighted by Gasteiger charge is 2.38. The summed E-state index contributed by atoms with van der Waals surface area (Å²) >= 11 is 0. The number of carbonyl (C=O) groups is 2. The van der Waals surface area contributed by atoms with E-state index in [1.807, 2.05) is 36.9 Å². The highest BCUT2D eigenvalue weighted by molar-refractivity contribution is 5.99. The minimum absolute atomic E-state index is 0.0644. The molecule has 5 nitrogen and oxygen atoms in total. The molecule has 1 N–H and O–H groups in total. The van der Waals surface area contributed by atoms with Crippen LogP contribution in [-0.2, 0) is 4.79 Å². The van der Waals surface area contributed by atoms with Gasteiger partial charge in [-0.1, -0.05) is 18.2 Å². The third kappa shape index (κ3) is 2.39. The van der Waals surface area contributed by atoms with Gasteiger partial charge in [-0.2, -0.15) is 0 Å². The van der Waals surface area contributed by atoms with Crippen LogP contribution in [0.2, 0.25) is 0 Å². The molecule has 1 aromatic heterocycles. The average Bonchev–Trinajstić information content (AvgIpc) is 3.05. The van der Waals surface area contributed by atoms with Crippen LogP contribution in [0.4, 0.5) is 0 Å². The maximum atomic E-state index is 13.0. The van der Waals surface area contributed by atoms with Crippen molar-refractivity contribution in [3.8, 4) is 0 Å². The monoisotopic (exact) mass is 326 g/mol. The molecule has 3 heterocycles. The first-order valence-corrected chi connectivity index (χ1v) is 8.62. The SMILES string of the molecule is Cc1c(C(=O)N2CC3CCCC(=O)NC3C2)oc2c(C)cccc12. The van der Waals surface area contributed by atoms with Crippen molar-refractivity contribution < 1.29 is 14.0 Å². The molecule has 2 saturated heterocycles. The summed E-state index contributed by atoms with van der Waals surface area (Å²) in [5.41, 5.74) is 2.73. The predicted octanol–water partition coefficient (Wildman–Crippen LogP) is 2.79. The molecule has 2 aromatic rings. The van der Waals surface area contributed by atoms with Gasteiger partial charge in [0, 0.05) is 30.5 Å². The van der Waals surface area contributed by atoms with E-state index < -0.39 is 0 Å². The first kappa shape index (κ1) is 15.2. The van der Waals surface area contributed by atoms with Crippen molar-refractivity contribution in [2.45, 2.75) is 39.2 Å². The molecule has 1 aromatic carbocycles. The summed E-state index contributed by atoms with van der Waals surface area (Å²) in [7, 11) is 0. The van der Waals surface area contributed by atoms with Gasteiger partial charge < -0.3 is 14.6 Å². The summed E-state index contributed by atoms with van der Waals surface area (Å²) in [5, 5.41) is 4.06. The van der Waals surface area contributed by atoms with Crippen molar-refractivity contribution in [2.75, 3.05) is 13.1 Å². The summed E-state index contributed by atoms with van der Waals surface area (Å²) in [6.45, 7) is 5.20. The zero-order chi connectivity index (χ0) is 16.8. The second-order valence-corrected chi connectivity index (χ2v) is 7.04. The first-order valence-electron chi connectivity index (χ1n) is 8.62. The normalized spacial score (nSPS) is 23.9. The Balaban J connectivity index is 1.62. The number of nitrogens with one attached hydrogen (secondary N) is 1. The van der Waals surface area contributed by atoms with Gasteiger partial charge in [0.2, 0.25) is 5.91 Å². The number of aryl methyl sites for hydroxylation is 2. The molecule has 5 heteroatoms. The average molecular weight is 326 g/mol. The zero-order valence-corrected chi connectivity index (χ0v) is 14.1. The number of hydrogen-bond donors (Lipinski definition) is 1. The molecule has 0 aliphatic carbocycles. The van der Waals surface area contributed by atoms with E-state index in [-0.39, 0.29) is 17.9 Å². The number of carbonyl (C=O) groups excluding carboxylic acids is 2. The number of hydrogen-bond acceptors (Lipinski definition) is 3. The van der Waals surface area contributed by atoms with Gasteiger partial charge in [0.25, 0.3) is 5.91 Å². The van der Waals surface area contributed by atoms with E-state index >= 15 is 0 Å². The van der Waals surface area contributed by atoms with Crippen LogP contribution in [0.1, 0.15) is 40.9 Å². The Bertz CT molecular complexity index is 823. The van der Waals surface area contributed by atoms with Gasteiger partial charge in [-0.15, -0.1) is 0 Å². The van der Waals surface area contributed by atoms with Crippen molar-refractivity contribution in [2.24, 2.45) is 5.92 Å². The third-order valence-corrected chi connectivity index (χ3v) is 5.41. The molecule has 2 fully saturated rings. The molecule has 2 aliphatic heterocycles. The van der Waals surface area contributed by atoms with Gasteiger partial charge >= 0.3 is 0 Å². The fraction of sp³-hybridized carbons (Fsp3) is 0.474. The lowest BCUT2D eigenvalue weighted by atomic mass is 9.99. The van der Waals surface area contributed by atoms with E-state index in [1.54, 1.807) is 0 Å². The molecule has 0 bridgehead atoms. The second-order valence-electron chi connectivity index (χ2n) is 7.04. The minimum atomic E-state index is -0.0644. The minimum Gasteiger partial charge on any atom is -0.450 e. The van der Waals surface area contributed by atoms with Gasteiger partial charge in [-0.25, -0.2) is 0 Å². The highest BCUT2D eigenvalue weighted by atomic mass is 16.3.